The highest BCUT2D eigenvalue weighted by molar-refractivity contribution is 4.53. The Balaban J connectivity index is 3.04. The van der Waals surface area contributed by atoms with E-state index >= 15 is 0 Å². The molecule has 0 N–H and O–H groups in total. The predicted molar refractivity (Wildman–Crippen MR) is 225 cm³/mol. The van der Waals surface area contributed by atoms with E-state index in [0.717, 1.165) is 13.2 Å². The van der Waals surface area contributed by atoms with Crippen LogP contribution in [-0.2, 0) is 4.74 Å². The summed E-state index contributed by atoms with van der Waals surface area (Å²) < 4.78 is 5.91. The zero-order valence-electron chi connectivity index (χ0n) is 34.9. The topological polar surface area (TPSA) is 9.23 Å². The van der Waals surface area contributed by atoms with E-state index in [1.54, 1.807) is 0 Å². The van der Waals surface area contributed by atoms with Gasteiger partial charge in [0.2, 0.25) is 0 Å². The van der Waals surface area contributed by atoms with Crippen molar-refractivity contribution in [2.45, 2.75) is 296 Å². The lowest BCUT2D eigenvalue weighted by atomic mass is 10.0. The summed E-state index contributed by atoms with van der Waals surface area (Å²) in [5, 5.41) is 0. The molecule has 0 heterocycles. The van der Waals surface area contributed by atoms with Gasteiger partial charge in [0.15, 0.2) is 0 Å². The van der Waals surface area contributed by atoms with Crippen LogP contribution < -0.4 is 0 Å². The third-order valence-electron chi connectivity index (χ3n) is 11.3. The molecule has 0 saturated carbocycles. The van der Waals surface area contributed by atoms with Gasteiger partial charge < -0.3 is 4.74 Å². The Hall–Kier alpha value is -0.0400. The minimum absolute atomic E-state index is 0.998. The van der Waals surface area contributed by atoms with E-state index in [-0.39, 0.29) is 0 Å². The van der Waals surface area contributed by atoms with E-state index in [9.17, 15) is 0 Å². The van der Waals surface area contributed by atoms with Gasteiger partial charge in [-0.25, -0.2) is 0 Å². The second kappa shape index (κ2) is 48.0. The maximum absolute atomic E-state index is 5.91. The summed E-state index contributed by atoms with van der Waals surface area (Å²) in [6.07, 6.45) is 64.0. The molecule has 0 fully saturated rings. The molecule has 0 aromatic carbocycles. The van der Waals surface area contributed by atoms with Crippen molar-refractivity contribution >= 4 is 0 Å². The highest BCUT2D eigenvalue weighted by atomic mass is 16.5. The largest absolute Gasteiger partial charge is 0.381 e. The fraction of sp³-hybridized carbons (Fsp3) is 1.00. The summed E-state index contributed by atoms with van der Waals surface area (Å²) in [6, 6.07) is 0. The molecule has 0 aliphatic carbocycles. The van der Waals surface area contributed by atoms with Crippen LogP contribution in [0.25, 0.3) is 0 Å². The molecule has 1 nitrogen and oxygen atoms in total. The molecule has 0 aromatic heterocycles. The quantitative estimate of drug-likeness (QED) is 0.0578. The second-order valence-electron chi connectivity index (χ2n) is 16.5. The van der Waals surface area contributed by atoms with Crippen molar-refractivity contribution in [1.82, 2.24) is 0 Å². The van der Waals surface area contributed by atoms with Crippen molar-refractivity contribution in [3.63, 3.8) is 0 Å². The summed E-state index contributed by atoms with van der Waals surface area (Å²) in [5.41, 5.74) is 0. The van der Waals surface area contributed by atoms with Gasteiger partial charge in [0, 0.05) is 13.2 Å². The fourth-order valence-corrected chi connectivity index (χ4v) is 7.73. The van der Waals surface area contributed by atoms with Gasteiger partial charge in [-0.3, -0.25) is 0 Å². The van der Waals surface area contributed by atoms with Gasteiger partial charge in [-0.1, -0.05) is 284 Å². The third-order valence-corrected chi connectivity index (χ3v) is 11.3. The van der Waals surface area contributed by atoms with Gasteiger partial charge in [0.05, 0.1) is 0 Å². The average molecular weight is 691 g/mol. The summed E-state index contributed by atoms with van der Waals surface area (Å²) in [5.74, 6) is 0. The van der Waals surface area contributed by atoms with Crippen LogP contribution in [0.15, 0.2) is 0 Å². The number of hydrogen-bond acceptors (Lipinski definition) is 1. The predicted octanol–water partition coefficient (Wildman–Crippen LogP) is 18.2. The summed E-state index contributed by atoms with van der Waals surface area (Å²) in [4.78, 5) is 0. The molecule has 296 valence electrons. The molecule has 0 rings (SSSR count). The first-order valence-corrected chi connectivity index (χ1v) is 24.0. The lowest BCUT2D eigenvalue weighted by Gasteiger charge is -2.06. The standard InChI is InChI=1S/C48H98O/c1-3-5-7-9-11-13-15-17-19-21-22-23-24-25-26-27-28-29-30-31-32-34-36-38-40-42-44-46-48-49-47-45-43-41-39-37-35-33-20-18-16-14-12-10-8-6-4-2/h3-48H2,1-2H3. The zero-order chi connectivity index (χ0) is 35.2. The first kappa shape index (κ1) is 49.0. The maximum atomic E-state index is 5.91. The van der Waals surface area contributed by atoms with E-state index in [1.807, 2.05) is 0 Å². The summed E-state index contributed by atoms with van der Waals surface area (Å²) in [6.45, 7) is 6.61. The van der Waals surface area contributed by atoms with Crippen LogP contribution in [0.3, 0.4) is 0 Å². The number of rotatable bonds is 46. The molecule has 0 aromatic rings. The van der Waals surface area contributed by atoms with Crippen molar-refractivity contribution < 1.29 is 4.74 Å². The Labute approximate surface area is 313 Å². The molecule has 0 aliphatic rings. The van der Waals surface area contributed by atoms with E-state index in [1.165, 1.54) is 283 Å². The van der Waals surface area contributed by atoms with Gasteiger partial charge >= 0.3 is 0 Å². The molecule has 0 amide bonds. The van der Waals surface area contributed by atoms with Crippen molar-refractivity contribution in [2.75, 3.05) is 13.2 Å². The van der Waals surface area contributed by atoms with Crippen LogP contribution in [0.1, 0.15) is 296 Å². The second-order valence-corrected chi connectivity index (χ2v) is 16.5. The monoisotopic (exact) mass is 691 g/mol. The van der Waals surface area contributed by atoms with Gasteiger partial charge in [-0.05, 0) is 12.8 Å². The molecule has 0 bridgehead atoms. The smallest absolute Gasteiger partial charge is 0.0466 e. The van der Waals surface area contributed by atoms with Crippen LogP contribution >= 0.6 is 0 Å². The van der Waals surface area contributed by atoms with Crippen molar-refractivity contribution in [3.05, 3.63) is 0 Å². The highest BCUT2D eigenvalue weighted by Gasteiger charge is 1.98. The van der Waals surface area contributed by atoms with Gasteiger partial charge in [-0.2, -0.15) is 0 Å². The van der Waals surface area contributed by atoms with Crippen LogP contribution in [-0.4, -0.2) is 13.2 Å². The fourth-order valence-electron chi connectivity index (χ4n) is 7.73. The molecule has 0 unspecified atom stereocenters. The lowest BCUT2D eigenvalue weighted by Crippen LogP contribution is -1.97. The molecule has 0 atom stereocenters. The van der Waals surface area contributed by atoms with Gasteiger partial charge in [-0.15, -0.1) is 0 Å². The van der Waals surface area contributed by atoms with Gasteiger partial charge in [0.1, 0.15) is 0 Å². The normalized spacial score (nSPS) is 11.6. The molecule has 0 saturated heterocycles. The number of hydrogen-bond donors (Lipinski definition) is 0. The van der Waals surface area contributed by atoms with Gasteiger partial charge in [0.25, 0.3) is 0 Å². The molecule has 0 radical (unpaired) electrons. The van der Waals surface area contributed by atoms with E-state index in [2.05, 4.69) is 13.8 Å². The Kier molecular flexibility index (Phi) is 47.9. The average Bonchev–Trinajstić information content (AvgIpc) is 3.11. The van der Waals surface area contributed by atoms with Crippen LogP contribution in [0, 0.1) is 0 Å². The summed E-state index contributed by atoms with van der Waals surface area (Å²) in [7, 11) is 0. The molecule has 1 heteroatoms. The van der Waals surface area contributed by atoms with Crippen molar-refractivity contribution in [1.29, 1.82) is 0 Å². The molecular weight excluding hydrogens is 593 g/mol. The minimum atomic E-state index is 0.998. The highest BCUT2D eigenvalue weighted by Crippen LogP contribution is 2.17. The number of unbranched alkanes of at least 4 members (excludes halogenated alkanes) is 42. The Morgan fingerprint density at radius 2 is 0.286 bits per heavy atom. The number of ether oxygens (including phenoxy) is 1. The molecule has 0 aliphatic heterocycles. The zero-order valence-corrected chi connectivity index (χ0v) is 34.9. The minimum Gasteiger partial charge on any atom is -0.381 e. The molecule has 0 spiro atoms. The van der Waals surface area contributed by atoms with E-state index in [4.69, 9.17) is 4.74 Å². The van der Waals surface area contributed by atoms with Crippen LogP contribution in [0.5, 0.6) is 0 Å². The maximum Gasteiger partial charge on any atom is 0.0466 e. The first-order valence-electron chi connectivity index (χ1n) is 24.0. The Morgan fingerprint density at radius 3 is 0.429 bits per heavy atom. The van der Waals surface area contributed by atoms with E-state index < -0.39 is 0 Å². The van der Waals surface area contributed by atoms with Crippen LogP contribution in [0.4, 0.5) is 0 Å². The third kappa shape index (κ3) is 48.0. The van der Waals surface area contributed by atoms with E-state index in [0.29, 0.717) is 0 Å². The molecular formula is C48H98O. The summed E-state index contributed by atoms with van der Waals surface area (Å²) >= 11 is 0. The Bertz CT molecular complexity index is 483. The SMILES string of the molecule is CCCCCCCCCCCCCCCCCCCCCCCCCCCCCCOCCCCCCCCCCCCCCCCCC. The Morgan fingerprint density at radius 1 is 0.163 bits per heavy atom. The van der Waals surface area contributed by atoms with Crippen molar-refractivity contribution in [3.8, 4) is 0 Å². The van der Waals surface area contributed by atoms with Crippen LogP contribution in [0.2, 0.25) is 0 Å². The molecule has 49 heavy (non-hydrogen) atoms. The lowest BCUT2D eigenvalue weighted by molar-refractivity contribution is 0.125. The first-order chi connectivity index (χ1) is 24.4. The van der Waals surface area contributed by atoms with Crippen molar-refractivity contribution in [2.24, 2.45) is 0 Å².